The van der Waals surface area contributed by atoms with Gasteiger partial charge in [0.1, 0.15) is 0 Å². The van der Waals surface area contributed by atoms with Crippen LogP contribution in [0.5, 0.6) is 0 Å². The molecule has 0 bridgehead atoms. The van der Waals surface area contributed by atoms with E-state index in [-0.39, 0.29) is 0 Å². The molecule has 0 atom stereocenters. The zero-order valence-corrected chi connectivity index (χ0v) is 11.2. The molecule has 10 heavy (non-hydrogen) atoms. The van der Waals surface area contributed by atoms with Gasteiger partial charge in [0.2, 0.25) is 0 Å². The molecule has 0 unspecified atom stereocenters. The van der Waals surface area contributed by atoms with Crippen LogP contribution in [0.15, 0.2) is 13.2 Å². The standard InChI is InChI=1S/C2H4.S8/c1-2;1-3-5-7-8-6-4-2/h1-2H2;. The van der Waals surface area contributed by atoms with Crippen LogP contribution in [0.2, 0.25) is 0 Å². The summed E-state index contributed by atoms with van der Waals surface area (Å²) >= 11 is 9.21. The molecule has 0 saturated carbocycles. The van der Waals surface area contributed by atoms with Gasteiger partial charge in [-0.05, 0) is 0 Å². The minimum atomic E-state index is 1.34. The zero-order chi connectivity index (χ0) is 8.24. The van der Waals surface area contributed by atoms with E-state index in [1.54, 1.807) is 35.5 Å². The van der Waals surface area contributed by atoms with Crippen LogP contribution in [0.3, 0.4) is 0 Å². The Kier molecular flexibility index (Phi) is 23.7. The summed E-state index contributed by atoms with van der Waals surface area (Å²) in [5.74, 6) is 0. The second-order valence-electron chi connectivity index (χ2n) is 0.408. The Morgan fingerprint density at radius 3 is 1.20 bits per heavy atom. The first-order valence-electron chi connectivity index (χ1n) is 1.67. The van der Waals surface area contributed by atoms with Crippen molar-refractivity contribution in [1.29, 1.82) is 0 Å². The third kappa shape index (κ3) is 16.2. The second-order valence-corrected chi connectivity index (χ2v) is 11.0. The molecule has 0 N–H and O–H groups in total. The fourth-order valence-corrected chi connectivity index (χ4v) is 11.0. The Balaban J connectivity index is 0. The summed E-state index contributed by atoms with van der Waals surface area (Å²) in [6.45, 7) is 6.00. The smallest absolute Gasteiger partial charge is 0 e. The molecule has 0 rings (SSSR count). The molecule has 0 aromatic carbocycles. The van der Waals surface area contributed by atoms with E-state index >= 15 is 0 Å². The zero-order valence-electron chi connectivity index (χ0n) is 4.68. The van der Waals surface area contributed by atoms with Crippen LogP contribution in [0, 0.1) is 0 Å². The Morgan fingerprint density at radius 2 is 1.00 bits per heavy atom. The van der Waals surface area contributed by atoms with E-state index in [4.69, 9.17) is 0 Å². The highest BCUT2D eigenvalue weighted by Crippen LogP contribution is 1.33. The molecule has 0 radical (unpaired) electrons. The minimum Gasteiger partial charge on any atom is -0.106 e. The van der Waals surface area contributed by atoms with Crippen LogP contribution < -0.4 is 0 Å². The maximum absolute atomic E-state index is 4.60. The summed E-state index contributed by atoms with van der Waals surface area (Å²) in [6, 6.07) is 0. The maximum atomic E-state index is 4.60. The van der Waals surface area contributed by atoms with Gasteiger partial charge >= 0.3 is 0 Å². The molecule has 0 aliphatic carbocycles. The van der Waals surface area contributed by atoms with E-state index in [2.05, 4.69) is 35.5 Å². The highest BCUT2D eigenvalue weighted by molar-refractivity contribution is 8.70. The molecule has 0 aliphatic rings. The summed E-state index contributed by atoms with van der Waals surface area (Å²) in [5, 5.41) is 0. The van der Waals surface area contributed by atoms with E-state index in [0.717, 1.165) is 0 Å². The van der Waals surface area contributed by atoms with Crippen molar-refractivity contribution in [3.05, 3.63) is 13.2 Å². The van der Waals surface area contributed by atoms with Gasteiger partial charge in [-0.1, -0.05) is 0 Å². The molecule has 0 nitrogen and oxygen atoms in total. The van der Waals surface area contributed by atoms with E-state index < -0.39 is 0 Å². The molecule has 60 valence electrons. The molecular formula is C2H4S8. The van der Waals surface area contributed by atoms with Gasteiger partial charge in [-0.3, -0.25) is 0 Å². The first kappa shape index (κ1) is 14.0. The van der Waals surface area contributed by atoms with Crippen LogP contribution >= 0.6 is 0 Å². The first-order chi connectivity index (χ1) is 4.91. The lowest BCUT2D eigenvalue weighted by molar-refractivity contribution is 2.81. The van der Waals surface area contributed by atoms with Crippen molar-refractivity contribution in [1.82, 2.24) is 0 Å². The number of hydrogen-bond donors (Lipinski definition) is 0. The van der Waals surface area contributed by atoms with Gasteiger partial charge in [-0.2, -0.15) is 0 Å². The van der Waals surface area contributed by atoms with Gasteiger partial charge in [0.15, 0.2) is 0 Å². The van der Waals surface area contributed by atoms with Crippen molar-refractivity contribution in [2.75, 3.05) is 0 Å². The SMILES string of the molecule is C=C.S=S=S=S=S=S=S=S. The Labute approximate surface area is 87.7 Å². The average molecular weight is 285 g/mol. The maximum Gasteiger partial charge on any atom is 0 e. The van der Waals surface area contributed by atoms with Crippen LogP contribution in [0.1, 0.15) is 0 Å². The highest BCUT2D eigenvalue weighted by Gasteiger charge is 1.33. The lowest BCUT2D eigenvalue weighted by Gasteiger charge is -1.33. The summed E-state index contributed by atoms with van der Waals surface area (Å²) in [6.07, 6.45) is 0. The molecular weight excluding hydrogens is 281 g/mol. The Morgan fingerprint density at radius 1 is 0.700 bits per heavy atom. The van der Waals surface area contributed by atoms with E-state index in [9.17, 15) is 0 Å². The third-order valence-corrected chi connectivity index (χ3v) is 11.2. The molecule has 0 fully saturated rings. The first-order valence-corrected chi connectivity index (χ1v) is 11.0. The van der Waals surface area contributed by atoms with Crippen molar-refractivity contribution in [3.63, 3.8) is 0 Å². The molecule has 0 aromatic rings. The van der Waals surface area contributed by atoms with Gasteiger partial charge < -0.3 is 0 Å². The molecule has 0 amide bonds. The van der Waals surface area contributed by atoms with Crippen molar-refractivity contribution in [2.24, 2.45) is 0 Å². The van der Waals surface area contributed by atoms with Crippen LogP contribution in [-0.4, -0.2) is 0 Å². The monoisotopic (exact) mass is 284 g/mol. The molecule has 8 heteroatoms. The van der Waals surface area contributed by atoms with E-state index in [0.29, 0.717) is 0 Å². The van der Waals surface area contributed by atoms with Gasteiger partial charge in [0, 0.05) is 75.7 Å². The summed E-state index contributed by atoms with van der Waals surface area (Å²) in [4.78, 5) is 0. The van der Waals surface area contributed by atoms with Crippen molar-refractivity contribution in [2.45, 2.75) is 0 Å². The normalized spacial score (nSPS) is 5.60. The number of rotatable bonds is 0. The predicted molar refractivity (Wildman–Crippen MR) is 70.2 cm³/mol. The topological polar surface area (TPSA) is 0 Å². The van der Waals surface area contributed by atoms with Crippen molar-refractivity contribution >= 4 is 75.7 Å². The second kappa shape index (κ2) is 16.8. The molecule has 0 aromatic heterocycles. The fraction of sp³-hybridized carbons (Fsp3) is 0. The third-order valence-electron chi connectivity index (χ3n) is 0.139. The fourth-order valence-electron chi connectivity index (χ4n) is 0.0454. The minimum absolute atomic E-state index is 1.34. The summed E-state index contributed by atoms with van der Waals surface area (Å²) < 4.78 is 0. The molecule has 0 saturated heterocycles. The largest absolute Gasteiger partial charge is 0.106 e. The highest BCUT2D eigenvalue weighted by atomic mass is 33.4. The number of hydrogen-bond acceptors (Lipinski definition) is 2. The van der Waals surface area contributed by atoms with Crippen LogP contribution in [0.25, 0.3) is 0 Å². The summed E-state index contributed by atoms with van der Waals surface area (Å²) in [5.41, 5.74) is 0. The van der Waals surface area contributed by atoms with Crippen LogP contribution in [0.4, 0.5) is 0 Å². The van der Waals surface area contributed by atoms with E-state index in [1.165, 1.54) is 17.8 Å². The molecule has 0 heterocycles. The van der Waals surface area contributed by atoms with E-state index in [1.807, 2.05) is 0 Å². The Hall–Kier alpha value is 1.50. The average Bonchev–Trinajstić information content (AvgIpc) is 2.02. The lowest BCUT2D eigenvalue weighted by atomic mass is 11.3. The quantitative estimate of drug-likeness (QED) is 0.603. The Bertz CT molecular complexity index is 249. The van der Waals surface area contributed by atoms with Crippen molar-refractivity contribution in [3.8, 4) is 0 Å². The predicted octanol–water partition coefficient (Wildman–Crippen LogP) is 0.783. The molecule has 0 spiro atoms. The lowest BCUT2D eigenvalue weighted by Crippen LogP contribution is -1.33. The van der Waals surface area contributed by atoms with Crippen molar-refractivity contribution < 1.29 is 0 Å². The van der Waals surface area contributed by atoms with Gasteiger partial charge in [0.05, 0.1) is 0 Å². The van der Waals surface area contributed by atoms with Gasteiger partial charge in [0.25, 0.3) is 0 Å². The van der Waals surface area contributed by atoms with Gasteiger partial charge in [-0.15, -0.1) is 13.2 Å². The molecule has 0 aliphatic heterocycles. The van der Waals surface area contributed by atoms with Crippen LogP contribution in [-0.2, 0) is 75.7 Å². The summed E-state index contributed by atoms with van der Waals surface area (Å²) in [7, 11) is 9.12. The van der Waals surface area contributed by atoms with Gasteiger partial charge in [-0.25, -0.2) is 0 Å².